The lowest BCUT2D eigenvalue weighted by Gasteiger charge is -2.14. The number of fused-ring (bicyclic) bond motifs is 1. The van der Waals surface area contributed by atoms with Crippen LogP contribution in [0.1, 0.15) is 25.0 Å². The first-order valence-electron chi connectivity index (χ1n) is 4.76. The van der Waals surface area contributed by atoms with Gasteiger partial charge in [0, 0.05) is 23.5 Å². The summed E-state index contributed by atoms with van der Waals surface area (Å²) in [7, 11) is 0. The van der Waals surface area contributed by atoms with Crippen molar-refractivity contribution >= 4 is 5.65 Å². The van der Waals surface area contributed by atoms with Crippen LogP contribution < -0.4 is 0 Å². The van der Waals surface area contributed by atoms with E-state index in [1.807, 2.05) is 27.0 Å². The van der Waals surface area contributed by atoms with Crippen molar-refractivity contribution in [2.75, 3.05) is 0 Å². The molecule has 0 aliphatic heterocycles. The second kappa shape index (κ2) is 3.06. The van der Waals surface area contributed by atoms with Crippen LogP contribution in [0.15, 0.2) is 18.6 Å². The zero-order chi connectivity index (χ0) is 11.1. The summed E-state index contributed by atoms with van der Waals surface area (Å²) in [6.07, 6.45) is 5.37. The molecule has 0 N–H and O–H groups in total. The average molecular weight is 200 g/mol. The Morgan fingerprint density at radius 3 is 2.80 bits per heavy atom. The number of nitriles is 1. The first-order chi connectivity index (χ1) is 7.04. The molecule has 0 saturated carbocycles. The van der Waals surface area contributed by atoms with Gasteiger partial charge >= 0.3 is 0 Å². The Morgan fingerprint density at radius 2 is 2.13 bits per heavy atom. The SMILES string of the molecule is Cc1cnn2cc(C(C)(C)C#N)cnc12. The Balaban J connectivity index is 2.63. The van der Waals surface area contributed by atoms with Crippen molar-refractivity contribution in [1.82, 2.24) is 14.6 Å². The van der Waals surface area contributed by atoms with Gasteiger partial charge in [0.25, 0.3) is 0 Å². The quantitative estimate of drug-likeness (QED) is 0.705. The highest BCUT2D eigenvalue weighted by atomic mass is 15.2. The molecule has 0 aliphatic carbocycles. The van der Waals surface area contributed by atoms with Crippen LogP contribution in [0.25, 0.3) is 5.65 Å². The van der Waals surface area contributed by atoms with Gasteiger partial charge in [0.2, 0.25) is 0 Å². The number of nitrogens with zero attached hydrogens (tertiary/aromatic N) is 4. The van der Waals surface area contributed by atoms with E-state index in [9.17, 15) is 0 Å². The molecule has 0 fully saturated rings. The fraction of sp³-hybridized carbons (Fsp3) is 0.364. The van der Waals surface area contributed by atoms with Crippen molar-refractivity contribution in [3.8, 4) is 6.07 Å². The van der Waals surface area contributed by atoms with Gasteiger partial charge in [-0.3, -0.25) is 0 Å². The van der Waals surface area contributed by atoms with E-state index < -0.39 is 5.41 Å². The van der Waals surface area contributed by atoms with Gasteiger partial charge in [-0.1, -0.05) is 0 Å². The molecule has 0 unspecified atom stereocenters. The zero-order valence-corrected chi connectivity index (χ0v) is 9.02. The van der Waals surface area contributed by atoms with Gasteiger partial charge in [-0.15, -0.1) is 0 Å². The maximum absolute atomic E-state index is 9.02. The molecule has 0 bridgehead atoms. The normalized spacial score (nSPS) is 11.6. The molecular formula is C11H12N4. The lowest BCUT2D eigenvalue weighted by Crippen LogP contribution is -2.15. The van der Waals surface area contributed by atoms with E-state index in [0.29, 0.717) is 0 Å². The molecule has 2 aromatic heterocycles. The number of hydrogen-bond donors (Lipinski definition) is 0. The number of aromatic nitrogens is 3. The Labute approximate surface area is 88.2 Å². The summed E-state index contributed by atoms with van der Waals surface area (Å²) < 4.78 is 1.71. The van der Waals surface area contributed by atoms with Crippen molar-refractivity contribution in [2.45, 2.75) is 26.2 Å². The van der Waals surface area contributed by atoms with E-state index in [1.54, 1.807) is 16.9 Å². The van der Waals surface area contributed by atoms with E-state index in [-0.39, 0.29) is 0 Å². The summed E-state index contributed by atoms with van der Waals surface area (Å²) in [4.78, 5) is 4.30. The minimum absolute atomic E-state index is 0.527. The van der Waals surface area contributed by atoms with E-state index in [2.05, 4.69) is 16.2 Å². The van der Waals surface area contributed by atoms with Crippen molar-refractivity contribution in [3.05, 3.63) is 29.7 Å². The zero-order valence-electron chi connectivity index (χ0n) is 9.02. The Morgan fingerprint density at radius 1 is 1.40 bits per heavy atom. The van der Waals surface area contributed by atoms with Crippen LogP contribution >= 0.6 is 0 Å². The minimum atomic E-state index is -0.527. The first kappa shape index (κ1) is 9.66. The van der Waals surface area contributed by atoms with Gasteiger partial charge in [0.1, 0.15) is 0 Å². The van der Waals surface area contributed by atoms with Crippen LogP contribution in [0.3, 0.4) is 0 Å². The van der Waals surface area contributed by atoms with Gasteiger partial charge in [0.15, 0.2) is 5.65 Å². The standard InChI is InChI=1S/C11H12N4/c1-8-4-14-15-6-9(5-13-10(8)15)11(2,3)7-12/h4-6H,1-3H3. The van der Waals surface area contributed by atoms with Crippen LogP contribution in [-0.4, -0.2) is 14.6 Å². The maximum atomic E-state index is 9.02. The second-order valence-electron chi connectivity index (χ2n) is 4.18. The molecule has 2 heterocycles. The van der Waals surface area contributed by atoms with E-state index >= 15 is 0 Å². The Kier molecular flexibility index (Phi) is 1.97. The third-order valence-electron chi connectivity index (χ3n) is 2.53. The molecular weight excluding hydrogens is 188 g/mol. The fourth-order valence-electron chi connectivity index (χ4n) is 1.38. The third-order valence-corrected chi connectivity index (χ3v) is 2.53. The number of aryl methyl sites for hydroxylation is 1. The van der Waals surface area contributed by atoms with Crippen molar-refractivity contribution < 1.29 is 0 Å². The molecule has 0 spiro atoms. The molecule has 4 heteroatoms. The maximum Gasteiger partial charge on any atom is 0.157 e. The predicted octanol–water partition coefficient (Wildman–Crippen LogP) is 1.84. The molecule has 15 heavy (non-hydrogen) atoms. The van der Waals surface area contributed by atoms with E-state index in [1.165, 1.54) is 0 Å². The fourth-order valence-corrected chi connectivity index (χ4v) is 1.38. The molecule has 2 rings (SSSR count). The van der Waals surface area contributed by atoms with Gasteiger partial charge < -0.3 is 0 Å². The molecule has 0 aliphatic rings. The molecule has 4 nitrogen and oxygen atoms in total. The van der Waals surface area contributed by atoms with Crippen molar-refractivity contribution in [3.63, 3.8) is 0 Å². The molecule has 0 aromatic carbocycles. The summed E-state index contributed by atoms with van der Waals surface area (Å²) in [5.41, 5.74) is 2.23. The second-order valence-corrected chi connectivity index (χ2v) is 4.18. The molecule has 76 valence electrons. The Hall–Kier alpha value is -1.89. The molecule has 2 aromatic rings. The van der Waals surface area contributed by atoms with Crippen molar-refractivity contribution in [2.24, 2.45) is 0 Å². The van der Waals surface area contributed by atoms with Crippen molar-refractivity contribution in [1.29, 1.82) is 5.26 Å². The summed E-state index contributed by atoms with van der Waals surface area (Å²) in [5.74, 6) is 0. The first-order valence-corrected chi connectivity index (χ1v) is 4.76. The minimum Gasteiger partial charge on any atom is -0.236 e. The summed E-state index contributed by atoms with van der Waals surface area (Å²) in [6.45, 7) is 5.70. The molecule has 0 radical (unpaired) electrons. The topological polar surface area (TPSA) is 54.0 Å². The smallest absolute Gasteiger partial charge is 0.157 e. The summed E-state index contributed by atoms with van der Waals surface area (Å²) >= 11 is 0. The van der Waals surface area contributed by atoms with Crippen LogP contribution in [-0.2, 0) is 5.41 Å². The van der Waals surface area contributed by atoms with Gasteiger partial charge in [-0.25, -0.2) is 9.50 Å². The third kappa shape index (κ3) is 1.46. The van der Waals surface area contributed by atoms with Crippen LogP contribution in [0.4, 0.5) is 0 Å². The van der Waals surface area contributed by atoms with Crippen LogP contribution in [0.5, 0.6) is 0 Å². The monoisotopic (exact) mass is 200 g/mol. The largest absolute Gasteiger partial charge is 0.236 e. The van der Waals surface area contributed by atoms with Gasteiger partial charge in [-0.05, 0) is 20.8 Å². The molecule has 0 atom stereocenters. The number of hydrogen-bond acceptors (Lipinski definition) is 3. The lowest BCUT2D eigenvalue weighted by atomic mass is 9.89. The average Bonchev–Trinajstić information content (AvgIpc) is 2.60. The Bertz CT molecular complexity index is 545. The van der Waals surface area contributed by atoms with E-state index in [0.717, 1.165) is 16.8 Å². The number of rotatable bonds is 1. The van der Waals surface area contributed by atoms with Crippen LogP contribution in [0, 0.1) is 18.3 Å². The summed E-state index contributed by atoms with van der Waals surface area (Å²) in [5, 5.41) is 13.2. The van der Waals surface area contributed by atoms with Gasteiger partial charge in [-0.2, -0.15) is 10.4 Å². The van der Waals surface area contributed by atoms with Gasteiger partial charge in [0.05, 0.1) is 17.7 Å². The highest BCUT2D eigenvalue weighted by Crippen LogP contribution is 2.21. The molecule has 0 saturated heterocycles. The summed E-state index contributed by atoms with van der Waals surface area (Å²) in [6, 6.07) is 2.25. The highest BCUT2D eigenvalue weighted by molar-refractivity contribution is 5.46. The highest BCUT2D eigenvalue weighted by Gasteiger charge is 2.21. The molecule has 0 amide bonds. The van der Waals surface area contributed by atoms with E-state index in [4.69, 9.17) is 5.26 Å². The predicted molar refractivity (Wildman–Crippen MR) is 56.4 cm³/mol. The lowest BCUT2D eigenvalue weighted by molar-refractivity contribution is 0.672. The van der Waals surface area contributed by atoms with Crippen LogP contribution in [0.2, 0.25) is 0 Å².